The molecule has 2 heterocycles. The maximum atomic E-state index is 6.21. The Kier molecular flexibility index (Phi) is 4.47. The minimum atomic E-state index is 0.625. The summed E-state index contributed by atoms with van der Waals surface area (Å²) >= 11 is 6.21. The molecule has 5 heteroatoms. The number of para-hydroxylation sites is 1. The molecule has 3 aromatic carbocycles. The lowest BCUT2D eigenvalue weighted by Crippen LogP contribution is -2.08. The maximum Gasteiger partial charge on any atom is 0.146 e. The molecule has 0 saturated heterocycles. The molecule has 0 aliphatic heterocycles. The molecule has 4 nitrogen and oxygen atoms in total. The van der Waals surface area contributed by atoms with Gasteiger partial charge in [0, 0.05) is 27.4 Å². The summed E-state index contributed by atoms with van der Waals surface area (Å²) in [6, 6.07) is 29.3. The van der Waals surface area contributed by atoms with Gasteiger partial charge in [-0.2, -0.15) is 5.10 Å². The SMILES string of the molecule is Clc1ccc2oc(-c3ccccc3)c/c(=N\Nc3ccc4ccccc4n3)c2c1. The van der Waals surface area contributed by atoms with Gasteiger partial charge in [0.2, 0.25) is 0 Å². The van der Waals surface area contributed by atoms with Crippen molar-refractivity contribution in [1.82, 2.24) is 4.98 Å². The molecular formula is C24H16ClN3O. The van der Waals surface area contributed by atoms with E-state index in [0.29, 0.717) is 16.4 Å². The van der Waals surface area contributed by atoms with Crippen LogP contribution in [0, 0.1) is 0 Å². The Bertz CT molecular complexity index is 1390. The van der Waals surface area contributed by atoms with E-state index in [2.05, 4.69) is 15.5 Å². The van der Waals surface area contributed by atoms with E-state index in [1.54, 1.807) is 0 Å². The van der Waals surface area contributed by atoms with Crippen molar-refractivity contribution < 1.29 is 4.42 Å². The van der Waals surface area contributed by atoms with Crippen LogP contribution < -0.4 is 10.8 Å². The fraction of sp³-hybridized carbons (Fsp3) is 0. The van der Waals surface area contributed by atoms with E-state index >= 15 is 0 Å². The Morgan fingerprint density at radius 3 is 2.55 bits per heavy atom. The molecule has 29 heavy (non-hydrogen) atoms. The molecule has 0 radical (unpaired) electrons. The van der Waals surface area contributed by atoms with Crippen LogP contribution in [-0.4, -0.2) is 4.98 Å². The van der Waals surface area contributed by atoms with Gasteiger partial charge in [-0.05, 0) is 36.4 Å². The highest BCUT2D eigenvalue weighted by molar-refractivity contribution is 6.31. The number of hydrogen-bond donors (Lipinski definition) is 1. The van der Waals surface area contributed by atoms with Crippen LogP contribution in [0.15, 0.2) is 101 Å². The predicted molar refractivity (Wildman–Crippen MR) is 118 cm³/mol. The van der Waals surface area contributed by atoms with E-state index in [9.17, 15) is 0 Å². The molecule has 0 atom stereocenters. The molecule has 0 unspecified atom stereocenters. The second-order valence-corrected chi connectivity index (χ2v) is 7.05. The van der Waals surface area contributed by atoms with Crippen LogP contribution in [0.4, 0.5) is 5.82 Å². The molecule has 140 valence electrons. The number of halogens is 1. The fourth-order valence-electron chi connectivity index (χ4n) is 3.22. The van der Waals surface area contributed by atoms with Crippen molar-refractivity contribution >= 4 is 39.3 Å². The Morgan fingerprint density at radius 1 is 0.828 bits per heavy atom. The molecule has 0 saturated carbocycles. The van der Waals surface area contributed by atoms with E-state index in [0.717, 1.165) is 33.0 Å². The number of nitrogens with one attached hydrogen (secondary N) is 1. The summed E-state index contributed by atoms with van der Waals surface area (Å²) in [4.78, 5) is 4.61. The van der Waals surface area contributed by atoms with Crippen molar-refractivity contribution in [3.63, 3.8) is 0 Å². The van der Waals surface area contributed by atoms with Gasteiger partial charge >= 0.3 is 0 Å². The lowest BCUT2D eigenvalue weighted by molar-refractivity contribution is 0.618. The molecule has 5 aromatic rings. The molecule has 1 N–H and O–H groups in total. The van der Waals surface area contributed by atoms with Gasteiger partial charge in [0.1, 0.15) is 17.2 Å². The van der Waals surface area contributed by atoms with Crippen molar-refractivity contribution in [2.45, 2.75) is 0 Å². The van der Waals surface area contributed by atoms with Crippen LogP contribution in [0.5, 0.6) is 0 Å². The number of hydrogen-bond acceptors (Lipinski definition) is 4. The quantitative estimate of drug-likeness (QED) is 0.367. The minimum absolute atomic E-state index is 0.625. The Balaban J connectivity index is 1.64. The summed E-state index contributed by atoms with van der Waals surface area (Å²) < 4.78 is 6.09. The number of anilines is 1. The predicted octanol–water partition coefficient (Wildman–Crippen LogP) is 6.23. The number of fused-ring (bicyclic) bond motifs is 2. The molecule has 0 spiro atoms. The van der Waals surface area contributed by atoms with Gasteiger partial charge in [-0.15, -0.1) is 0 Å². The summed E-state index contributed by atoms with van der Waals surface area (Å²) in [5.41, 5.74) is 5.67. The monoisotopic (exact) mass is 397 g/mol. The zero-order valence-corrected chi connectivity index (χ0v) is 16.1. The van der Waals surface area contributed by atoms with E-state index in [1.165, 1.54) is 0 Å². The second kappa shape index (κ2) is 7.41. The van der Waals surface area contributed by atoms with Crippen molar-refractivity contribution in [2.24, 2.45) is 5.10 Å². The standard InChI is InChI=1S/C24H16ClN3O/c25-18-11-12-22-19(14-18)21(15-23(29-22)17-7-2-1-3-8-17)27-28-24-13-10-16-6-4-5-9-20(16)26-24/h1-15H,(H,26,28)/b27-21+. The van der Waals surface area contributed by atoms with Gasteiger partial charge in [0.15, 0.2) is 0 Å². The third kappa shape index (κ3) is 3.58. The second-order valence-electron chi connectivity index (χ2n) is 6.62. The van der Waals surface area contributed by atoms with Crippen LogP contribution in [-0.2, 0) is 0 Å². The lowest BCUT2D eigenvalue weighted by atomic mass is 10.1. The Morgan fingerprint density at radius 2 is 1.66 bits per heavy atom. The van der Waals surface area contributed by atoms with Crippen LogP contribution >= 0.6 is 11.6 Å². The summed E-state index contributed by atoms with van der Waals surface area (Å²) in [6.07, 6.45) is 0. The largest absolute Gasteiger partial charge is 0.456 e. The molecule has 0 bridgehead atoms. The van der Waals surface area contributed by atoms with Gasteiger partial charge in [0.25, 0.3) is 0 Å². The number of benzene rings is 3. The van der Waals surface area contributed by atoms with Crippen LogP contribution in [0.3, 0.4) is 0 Å². The first kappa shape index (κ1) is 17.5. The van der Waals surface area contributed by atoms with Crippen LogP contribution in [0.2, 0.25) is 5.02 Å². The molecule has 2 aromatic heterocycles. The zero-order chi connectivity index (χ0) is 19.6. The Labute approximate surface area is 172 Å². The summed E-state index contributed by atoms with van der Waals surface area (Å²) in [6.45, 7) is 0. The smallest absolute Gasteiger partial charge is 0.146 e. The van der Waals surface area contributed by atoms with Gasteiger partial charge < -0.3 is 4.42 Å². The number of rotatable bonds is 3. The topological polar surface area (TPSA) is 50.4 Å². The highest BCUT2D eigenvalue weighted by Gasteiger charge is 2.07. The molecule has 0 aliphatic carbocycles. The molecular weight excluding hydrogens is 382 g/mol. The molecule has 0 fully saturated rings. The summed E-state index contributed by atoms with van der Waals surface area (Å²) in [5, 5.41) is 7.87. The van der Waals surface area contributed by atoms with E-state index in [4.69, 9.17) is 16.0 Å². The molecule has 5 rings (SSSR count). The van der Waals surface area contributed by atoms with Crippen molar-refractivity contribution in [3.8, 4) is 11.3 Å². The van der Waals surface area contributed by atoms with Crippen molar-refractivity contribution in [2.75, 3.05) is 5.43 Å². The Hall–Kier alpha value is -3.63. The normalized spacial score (nSPS) is 11.8. The number of aromatic nitrogens is 1. The average molecular weight is 398 g/mol. The lowest BCUT2D eigenvalue weighted by Gasteiger charge is -2.06. The third-order valence-corrected chi connectivity index (χ3v) is 4.89. The van der Waals surface area contributed by atoms with Gasteiger partial charge in [0.05, 0.1) is 10.9 Å². The van der Waals surface area contributed by atoms with E-state index in [-0.39, 0.29) is 0 Å². The van der Waals surface area contributed by atoms with Gasteiger partial charge in [-0.1, -0.05) is 60.1 Å². The maximum absolute atomic E-state index is 6.21. The van der Waals surface area contributed by atoms with Gasteiger partial charge in [-0.25, -0.2) is 4.98 Å². The molecule has 0 amide bonds. The highest BCUT2D eigenvalue weighted by Crippen LogP contribution is 2.24. The first-order valence-electron chi connectivity index (χ1n) is 9.21. The van der Waals surface area contributed by atoms with Crippen molar-refractivity contribution in [1.29, 1.82) is 0 Å². The van der Waals surface area contributed by atoms with E-state index in [1.807, 2.05) is 91.0 Å². The zero-order valence-electron chi connectivity index (χ0n) is 15.3. The first-order chi connectivity index (χ1) is 14.3. The third-order valence-electron chi connectivity index (χ3n) is 4.65. The van der Waals surface area contributed by atoms with Crippen LogP contribution in [0.1, 0.15) is 0 Å². The van der Waals surface area contributed by atoms with Crippen molar-refractivity contribution in [3.05, 3.63) is 101 Å². The average Bonchev–Trinajstić information content (AvgIpc) is 2.78. The highest BCUT2D eigenvalue weighted by atomic mass is 35.5. The minimum Gasteiger partial charge on any atom is -0.456 e. The number of nitrogens with zero attached hydrogens (tertiary/aromatic N) is 2. The van der Waals surface area contributed by atoms with E-state index < -0.39 is 0 Å². The van der Waals surface area contributed by atoms with Gasteiger partial charge in [-0.3, -0.25) is 5.43 Å². The van der Waals surface area contributed by atoms with Crippen LogP contribution in [0.25, 0.3) is 33.2 Å². The fourth-order valence-corrected chi connectivity index (χ4v) is 3.40. The number of pyridine rings is 1. The summed E-state index contributed by atoms with van der Waals surface area (Å²) in [7, 11) is 0. The molecule has 0 aliphatic rings. The first-order valence-corrected chi connectivity index (χ1v) is 9.58. The summed E-state index contributed by atoms with van der Waals surface area (Å²) in [5.74, 6) is 1.40.